The van der Waals surface area contributed by atoms with Crippen molar-refractivity contribution >= 4 is 73.8 Å². The van der Waals surface area contributed by atoms with E-state index < -0.39 is 0 Å². The van der Waals surface area contributed by atoms with E-state index in [9.17, 15) is 0 Å². The second-order valence-corrected chi connectivity index (χ2v) is 15.6. The maximum Gasteiger partial charge on any atom is 0.165 e. The summed E-state index contributed by atoms with van der Waals surface area (Å²) < 4.78 is 4.86. The van der Waals surface area contributed by atoms with Crippen molar-refractivity contribution in [3.05, 3.63) is 176 Å². The molecule has 0 saturated carbocycles. The maximum absolute atomic E-state index is 5.36. The van der Waals surface area contributed by atoms with Gasteiger partial charge in [-0.1, -0.05) is 152 Å². The van der Waals surface area contributed by atoms with Crippen molar-refractivity contribution in [2.75, 3.05) is 0 Å². The zero-order valence-corrected chi connectivity index (χ0v) is 30.5. The van der Waals surface area contributed by atoms with Crippen molar-refractivity contribution < 1.29 is 0 Å². The smallest absolute Gasteiger partial charge is 0.165 e. The molecular weight excluding hydrogens is 695 g/mol. The lowest BCUT2D eigenvalue weighted by molar-refractivity contribution is 1.08. The number of hydrogen-bond acceptors (Lipinski definition) is 5. The van der Waals surface area contributed by atoms with E-state index in [1.807, 2.05) is 0 Å². The summed E-state index contributed by atoms with van der Waals surface area (Å²) in [6.45, 7) is 0. The predicted molar refractivity (Wildman–Crippen MR) is 230 cm³/mol. The highest BCUT2D eigenvalue weighted by atomic mass is 32.1. The molecule has 0 N–H and O–H groups in total. The summed E-state index contributed by atoms with van der Waals surface area (Å²) in [6, 6.07) is 62.6. The van der Waals surface area contributed by atoms with E-state index >= 15 is 0 Å². The van der Waals surface area contributed by atoms with Gasteiger partial charge in [-0.05, 0) is 57.3 Å². The van der Waals surface area contributed by atoms with Crippen molar-refractivity contribution in [1.29, 1.82) is 0 Å². The Kier molecular flexibility index (Phi) is 7.22. The number of thiophene rings is 2. The first-order valence-corrected chi connectivity index (χ1v) is 19.7. The average Bonchev–Trinajstić information content (AvgIpc) is 3.82. The van der Waals surface area contributed by atoms with Crippen LogP contribution in [0.2, 0.25) is 0 Å². The van der Waals surface area contributed by atoms with Crippen LogP contribution in [0.3, 0.4) is 0 Å². The first kappa shape index (κ1) is 31.0. The fourth-order valence-electron chi connectivity index (χ4n) is 7.90. The molecular formula is C49H29N3S2. The molecule has 54 heavy (non-hydrogen) atoms. The lowest BCUT2D eigenvalue weighted by atomic mass is 9.90. The molecule has 0 aliphatic heterocycles. The molecule has 0 aliphatic rings. The van der Waals surface area contributed by atoms with Crippen LogP contribution in [0, 0.1) is 0 Å². The minimum Gasteiger partial charge on any atom is -0.208 e. The van der Waals surface area contributed by atoms with Gasteiger partial charge in [-0.15, -0.1) is 22.7 Å². The third kappa shape index (κ3) is 4.97. The van der Waals surface area contributed by atoms with Gasteiger partial charge in [0.05, 0.1) is 0 Å². The molecule has 0 radical (unpaired) electrons. The molecule has 0 bridgehead atoms. The number of nitrogens with zero attached hydrogens (tertiary/aromatic N) is 3. The van der Waals surface area contributed by atoms with Crippen molar-refractivity contribution in [2.45, 2.75) is 0 Å². The number of aromatic nitrogens is 3. The van der Waals surface area contributed by atoms with Crippen LogP contribution < -0.4 is 0 Å². The Morgan fingerprint density at radius 3 is 1.26 bits per heavy atom. The van der Waals surface area contributed by atoms with Crippen LogP contribution >= 0.6 is 22.7 Å². The number of benzene rings is 8. The maximum atomic E-state index is 5.36. The van der Waals surface area contributed by atoms with Gasteiger partial charge < -0.3 is 0 Å². The Morgan fingerprint density at radius 2 is 0.667 bits per heavy atom. The summed E-state index contributed by atoms with van der Waals surface area (Å²) in [5.74, 6) is 1.99. The third-order valence-electron chi connectivity index (χ3n) is 10.4. The minimum absolute atomic E-state index is 0.651. The van der Waals surface area contributed by atoms with Gasteiger partial charge in [-0.2, -0.15) is 0 Å². The largest absolute Gasteiger partial charge is 0.208 e. The molecule has 3 aromatic heterocycles. The number of hydrogen-bond donors (Lipinski definition) is 0. The van der Waals surface area contributed by atoms with Crippen LogP contribution in [-0.4, -0.2) is 15.0 Å². The molecule has 0 atom stereocenters. The van der Waals surface area contributed by atoms with Crippen molar-refractivity contribution in [3.63, 3.8) is 0 Å². The Bertz CT molecular complexity index is 3100. The highest BCUT2D eigenvalue weighted by molar-refractivity contribution is 7.26. The molecule has 0 spiro atoms. The standard InChI is InChI=1S/C49H29N3S2/c1-2-14-30(15-3-1)31-28-29-35(33-17-5-4-16-32(31)33)34-18-6-7-21-40(34)47-50-48(41-24-12-22-38-36-19-8-10-26-43(36)53-45(38)41)52-49(51-47)42-25-13-23-39-37-20-9-11-27-44(37)54-46(39)42/h1-29H. The normalized spacial score (nSPS) is 11.7. The van der Waals surface area contributed by atoms with E-state index in [2.05, 4.69) is 176 Å². The monoisotopic (exact) mass is 723 g/mol. The van der Waals surface area contributed by atoms with Crippen LogP contribution in [0.25, 0.3) is 108 Å². The summed E-state index contributed by atoms with van der Waals surface area (Å²) in [7, 11) is 0. The summed E-state index contributed by atoms with van der Waals surface area (Å²) >= 11 is 3.59. The van der Waals surface area contributed by atoms with Gasteiger partial charge >= 0.3 is 0 Å². The predicted octanol–water partition coefficient (Wildman–Crippen LogP) is 14.1. The van der Waals surface area contributed by atoms with E-state index in [4.69, 9.17) is 15.0 Å². The van der Waals surface area contributed by atoms with E-state index in [1.54, 1.807) is 22.7 Å². The molecule has 5 heteroatoms. The molecule has 8 aromatic carbocycles. The van der Waals surface area contributed by atoms with Crippen molar-refractivity contribution in [1.82, 2.24) is 15.0 Å². The van der Waals surface area contributed by atoms with Crippen LogP contribution in [0.15, 0.2) is 176 Å². The average molecular weight is 724 g/mol. The van der Waals surface area contributed by atoms with Gasteiger partial charge in [0.25, 0.3) is 0 Å². The molecule has 0 aliphatic carbocycles. The molecule has 11 aromatic rings. The highest BCUT2D eigenvalue weighted by Gasteiger charge is 2.21. The van der Waals surface area contributed by atoms with Gasteiger partial charge in [0.2, 0.25) is 0 Å². The summed E-state index contributed by atoms with van der Waals surface area (Å²) in [5.41, 5.74) is 7.62. The third-order valence-corrected chi connectivity index (χ3v) is 12.8. The fraction of sp³-hybridized carbons (Fsp3) is 0. The molecule has 11 rings (SSSR count). The Hall–Kier alpha value is -6.53. The van der Waals surface area contributed by atoms with Crippen LogP contribution in [0.4, 0.5) is 0 Å². The minimum atomic E-state index is 0.651. The van der Waals surface area contributed by atoms with Crippen molar-refractivity contribution in [2.24, 2.45) is 0 Å². The molecule has 252 valence electrons. The molecule has 0 amide bonds. The molecule has 0 saturated heterocycles. The second kappa shape index (κ2) is 12.6. The topological polar surface area (TPSA) is 38.7 Å². The van der Waals surface area contributed by atoms with Crippen molar-refractivity contribution in [3.8, 4) is 56.4 Å². The molecule has 0 fully saturated rings. The summed E-state index contributed by atoms with van der Waals surface area (Å²) in [4.78, 5) is 16.1. The van der Waals surface area contributed by atoms with Gasteiger partial charge in [0, 0.05) is 57.0 Å². The van der Waals surface area contributed by atoms with Crippen LogP contribution in [0.1, 0.15) is 0 Å². The van der Waals surface area contributed by atoms with E-state index in [0.29, 0.717) is 17.5 Å². The first-order chi connectivity index (χ1) is 26.8. The molecule has 3 nitrogen and oxygen atoms in total. The van der Waals surface area contributed by atoms with Gasteiger partial charge in [0.1, 0.15) is 0 Å². The highest BCUT2D eigenvalue weighted by Crippen LogP contribution is 2.44. The van der Waals surface area contributed by atoms with E-state index in [0.717, 1.165) is 27.8 Å². The van der Waals surface area contributed by atoms with E-state index in [1.165, 1.54) is 62.2 Å². The lowest BCUT2D eigenvalue weighted by Gasteiger charge is -2.16. The molecule has 0 unspecified atom stereocenters. The SMILES string of the molecule is c1ccc(-c2ccc(-c3ccccc3-c3nc(-c4cccc5c4sc4ccccc45)nc(-c4cccc5c4sc4ccccc45)n3)c3ccccc23)cc1. The van der Waals surface area contributed by atoms with Crippen LogP contribution in [-0.2, 0) is 0 Å². The molecule has 3 heterocycles. The first-order valence-electron chi connectivity index (χ1n) is 18.0. The van der Waals surface area contributed by atoms with Gasteiger partial charge in [0.15, 0.2) is 17.5 Å². The lowest BCUT2D eigenvalue weighted by Crippen LogP contribution is -2.01. The van der Waals surface area contributed by atoms with Crippen LogP contribution in [0.5, 0.6) is 0 Å². The number of fused-ring (bicyclic) bond motifs is 7. The van der Waals surface area contributed by atoms with Gasteiger partial charge in [-0.25, -0.2) is 15.0 Å². The van der Waals surface area contributed by atoms with E-state index in [-0.39, 0.29) is 0 Å². The Morgan fingerprint density at radius 1 is 0.259 bits per heavy atom. The second-order valence-electron chi connectivity index (χ2n) is 13.5. The zero-order chi connectivity index (χ0) is 35.6. The fourth-order valence-corrected chi connectivity index (χ4v) is 10.3. The Labute approximate surface area is 319 Å². The van der Waals surface area contributed by atoms with Gasteiger partial charge in [-0.3, -0.25) is 0 Å². The summed E-state index contributed by atoms with van der Waals surface area (Å²) in [5, 5.41) is 7.33. The quantitative estimate of drug-likeness (QED) is 0.177. The summed E-state index contributed by atoms with van der Waals surface area (Å²) in [6.07, 6.45) is 0. The zero-order valence-electron chi connectivity index (χ0n) is 28.9. The Balaban J connectivity index is 1.18. The number of rotatable bonds is 5.